The van der Waals surface area contributed by atoms with E-state index in [1.54, 1.807) is 0 Å². The molecule has 0 unspecified atom stereocenters. The number of hydrogen-bond acceptors (Lipinski definition) is 7. The minimum atomic E-state index is -1.56. The molecule has 0 N–H and O–H groups in total. The number of ketones is 1. The first-order chi connectivity index (χ1) is 8.37. The molecule has 1 fully saturated rings. The van der Waals surface area contributed by atoms with Gasteiger partial charge in [-0.25, -0.2) is 0 Å². The summed E-state index contributed by atoms with van der Waals surface area (Å²) in [5, 5.41) is 0. The molecule has 0 bridgehead atoms. The van der Waals surface area contributed by atoms with Crippen LogP contribution in [0.1, 0.15) is 13.8 Å². The Labute approximate surface area is 104 Å². The van der Waals surface area contributed by atoms with Crippen LogP contribution in [0.25, 0.3) is 0 Å². The summed E-state index contributed by atoms with van der Waals surface area (Å²) < 4.78 is 19.3. The van der Waals surface area contributed by atoms with Gasteiger partial charge in [0, 0.05) is 21.0 Å². The van der Waals surface area contributed by atoms with Gasteiger partial charge in [-0.05, 0) is 0 Å². The minimum absolute atomic E-state index is 0.199. The highest BCUT2D eigenvalue weighted by Gasteiger charge is 2.46. The Morgan fingerprint density at radius 1 is 1.22 bits per heavy atom. The molecule has 102 valence electrons. The molecule has 7 nitrogen and oxygen atoms in total. The molecular weight excluding hydrogens is 244 g/mol. The molecule has 1 heterocycles. The Bertz CT molecular complexity index is 327. The maximum absolute atomic E-state index is 11.6. The Kier molecular flexibility index (Phi) is 4.80. The fraction of sp³-hybridized carbons (Fsp3) is 0.727. The molecule has 7 heteroatoms. The van der Waals surface area contributed by atoms with Crippen molar-refractivity contribution in [3.63, 3.8) is 0 Å². The van der Waals surface area contributed by atoms with Gasteiger partial charge in [0.1, 0.15) is 6.61 Å². The lowest BCUT2D eigenvalue weighted by Crippen LogP contribution is -2.49. The zero-order valence-electron chi connectivity index (χ0n) is 10.6. The van der Waals surface area contributed by atoms with Gasteiger partial charge >= 0.3 is 11.9 Å². The van der Waals surface area contributed by atoms with Gasteiger partial charge in [-0.2, -0.15) is 0 Å². The molecule has 1 saturated heterocycles. The number of carbonyl (C=O) groups excluding carboxylic acids is 3. The predicted molar refractivity (Wildman–Crippen MR) is 57.5 cm³/mol. The van der Waals surface area contributed by atoms with Crippen LogP contribution in [-0.4, -0.2) is 50.4 Å². The number of carbonyl (C=O) groups is 3. The molecule has 0 radical (unpaired) electrons. The van der Waals surface area contributed by atoms with Crippen molar-refractivity contribution in [2.24, 2.45) is 5.92 Å². The summed E-state index contributed by atoms with van der Waals surface area (Å²) in [7, 11) is 1.49. The van der Waals surface area contributed by atoms with E-state index in [1.165, 1.54) is 21.0 Å². The maximum Gasteiger partial charge on any atom is 0.331 e. The number of methoxy groups -OCH3 is 1. The SMILES string of the molecule is COCCOCC(=O)C1C(=O)OC(C)(C)OC1=O. The van der Waals surface area contributed by atoms with Crippen LogP contribution >= 0.6 is 0 Å². The molecule has 0 saturated carbocycles. The summed E-state index contributed by atoms with van der Waals surface area (Å²) in [6, 6.07) is 0. The van der Waals surface area contributed by atoms with Gasteiger partial charge in [-0.15, -0.1) is 0 Å². The summed E-state index contributed by atoms with van der Waals surface area (Å²) in [6.45, 7) is 2.99. The molecule has 0 aromatic heterocycles. The molecule has 1 aliphatic heterocycles. The van der Waals surface area contributed by atoms with Crippen LogP contribution in [0.5, 0.6) is 0 Å². The summed E-state index contributed by atoms with van der Waals surface area (Å²) in [6.07, 6.45) is 0. The van der Waals surface area contributed by atoms with E-state index in [9.17, 15) is 14.4 Å². The van der Waals surface area contributed by atoms with Crippen LogP contribution < -0.4 is 0 Å². The number of hydrogen-bond donors (Lipinski definition) is 0. The Hall–Kier alpha value is -1.47. The summed E-state index contributed by atoms with van der Waals surface area (Å²) >= 11 is 0. The lowest BCUT2D eigenvalue weighted by molar-refractivity contribution is -0.238. The van der Waals surface area contributed by atoms with Gasteiger partial charge in [0.15, 0.2) is 5.78 Å². The third-order valence-electron chi connectivity index (χ3n) is 2.16. The molecule has 1 rings (SSSR count). The summed E-state index contributed by atoms with van der Waals surface area (Å²) in [5.74, 6) is -5.38. The number of rotatable bonds is 6. The first kappa shape index (κ1) is 14.6. The van der Waals surface area contributed by atoms with Crippen molar-refractivity contribution in [3.05, 3.63) is 0 Å². The standard InChI is InChI=1S/C11H16O7/c1-11(2)17-9(13)8(10(14)18-11)7(12)6-16-5-4-15-3/h8H,4-6H2,1-3H3. The van der Waals surface area contributed by atoms with Gasteiger partial charge in [-0.1, -0.05) is 0 Å². The Morgan fingerprint density at radius 3 is 2.28 bits per heavy atom. The third kappa shape index (κ3) is 3.78. The van der Waals surface area contributed by atoms with Crippen LogP contribution in [0, 0.1) is 5.92 Å². The minimum Gasteiger partial charge on any atom is -0.422 e. The van der Waals surface area contributed by atoms with Gasteiger partial charge in [0.05, 0.1) is 13.2 Å². The van der Waals surface area contributed by atoms with Gasteiger partial charge in [0.2, 0.25) is 5.92 Å². The van der Waals surface area contributed by atoms with Crippen molar-refractivity contribution >= 4 is 17.7 Å². The number of ether oxygens (including phenoxy) is 4. The zero-order chi connectivity index (χ0) is 13.8. The monoisotopic (exact) mass is 260 g/mol. The Morgan fingerprint density at radius 2 is 1.78 bits per heavy atom. The van der Waals surface area contributed by atoms with E-state index in [-0.39, 0.29) is 13.2 Å². The average molecular weight is 260 g/mol. The van der Waals surface area contributed by atoms with E-state index >= 15 is 0 Å². The molecule has 0 amide bonds. The van der Waals surface area contributed by atoms with E-state index in [0.29, 0.717) is 6.61 Å². The van der Waals surface area contributed by atoms with Gasteiger partial charge in [0.25, 0.3) is 5.79 Å². The number of cyclic esters (lactones) is 2. The number of Topliss-reactive ketones (excluding diaryl/α,β-unsaturated/α-hetero) is 1. The molecular formula is C11H16O7. The van der Waals surface area contributed by atoms with Crippen molar-refractivity contribution in [1.29, 1.82) is 0 Å². The van der Waals surface area contributed by atoms with Crippen molar-refractivity contribution in [2.75, 3.05) is 26.9 Å². The summed E-state index contributed by atoms with van der Waals surface area (Å²) in [4.78, 5) is 34.7. The van der Waals surface area contributed by atoms with E-state index in [1.807, 2.05) is 0 Å². The zero-order valence-corrected chi connectivity index (χ0v) is 10.6. The highest BCUT2D eigenvalue weighted by molar-refractivity contribution is 6.16. The second-order valence-electron chi connectivity index (χ2n) is 4.19. The molecule has 0 atom stereocenters. The quantitative estimate of drug-likeness (QED) is 0.367. The van der Waals surface area contributed by atoms with Gasteiger partial charge in [-0.3, -0.25) is 14.4 Å². The first-order valence-corrected chi connectivity index (χ1v) is 5.42. The molecule has 0 aliphatic carbocycles. The van der Waals surface area contributed by atoms with E-state index in [0.717, 1.165) is 0 Å². The lowest BCUT2D eigenvalue weighted by atomic mass is 10.0. The van der Waals surface area contributed by atoms with Crippen molar-refractivity contribution in [3.8, 4) is 0 Å². The molecule has 0 aromatic carbocycles. The van der Waals surface area contributed by atoms with Crippen LogP contribution in [-0.2, 0) is 33.3 Å². The molecule has 0 spiro atoms. The highest BCUT2D eigenvalue weighted by Crippen LogP contribution is 2.23. The third-order valence-corrected chi connectivity index (χ3v) is 2.16. The van der Waals surface area contributed by atoms with E-state index < -0.39 is 29.4 Å². The van der Waals surface area contributed by atoms with E-state index in [2.05, 4.69) is 0 Å². The molecule has 1 aliphatic rings. The van der Waals surface area contributed by atoms with Crippen molar-refractivity contribution in [2.45, 2.75) is 19.6 Å². The largest absolute Gasteiger partial charge is 0.422 e. The first-order valence-electron chi connectivity index (χ1n) is 5.42. The fourth-order valence-corrected chi connectivity index (χ4v) is 1.38. The van der Waals surface area contributed by atoms with Gasteiger partial charge < -0.3 is 18.9 Å². The van der Waals surface area contributed by atoms with Crippen molar-refractivity contribution < 1.29 is 33.3 Å². The Balaban J connectivity index is 2.52. The van der Waals surface area contributed by atoms with Crippen LogP contribution in [0.3, 0.4) is 0 Å². The van der Waals surface area contributed by atoms with E-state index in [4.69, 9.17) is 18.9 Å². The van der Waals surface area contributed by atoms with Crippen LogP contribution in [0.4, 0.5) is 0 Å². The average Bonchev–Trinajstić information content (AvgIpc) is 2.21. The maximum atomic E-state index is 11.6. The van der Waals surface area contributed by atoms with Crippen LogP contribution in [0.2, 0.25) is 0 Å². The lowest BCUT2D eigenvalue weighted by Gasteiger charge is -2.32. The summed E-state index contributed by atoms with van der Waals surface area (Å²) in [5.41, 5.74) is 0. The fourth-order valence-electron chi connectivity index (χ4n) is 1.38. The second kappa shape index (κ2) is 5.92. The number of esters is 2. The normalized spacial score (nSPS) is 19.3. The van der Waals surface area contributed by atoms with Crippen molar-refractivity contribution in [1.82, 2.24) is 0 Å². The topological polar surface area (TPSA) is 88.1 Å². The second-order valence-corrected chi connectivity index (χ2v) is 4.19. The molecule has 0 aromatic rings. The molecule has 18 heavy (non-hydrogen) atoms. The smallest absolute Gasteiger partial charge is 0.331 e. The highest BCUT2D eigenvalue weighted by atomic mass is 16.7. The predicted octanol–water partition coefficient (Wildman–Crippen LogP) is -0.329. The van der Waals surface area contributed by atoms with Crippen LogP contribution in [0.15, 0.2) is 0 Å².